The highest BCUT2D eigenvalue weighted by atomic mass is 32.1. The summed E-state index contributed by atoms with van der Waals surface area (Å²) < 4.78 is 0. The number of hydrogen-bond donors (Lipinski definition) is 1. The van der Waals surface area contributed by atoms with Gasteiger partial charge in [0.1, 0.15) is 0 Å². The molecule has 0 saturated carbocycles. The minimum atomic E-state index is 0.559. The third kappa shape index (κ3) is 5.08. The van der Waals surface area contributed by atoms with Gasteiger partial charge in [0.2, 0.25) is 0 Å². The Hall–Kier alpha value is -0.410. The van der Waals surface area contributed by atoms with E-state index in [1.165, 1.54) is 35.6 Å². The van der Waals surface area contributed by atoms with Crippen molar-refractivity contribution in [2.45, 2.75) is 58.9 Å². The number of hydrogen-bond acceptors (Lipinski definition) is 3. The average molecular weight is 240 g/mol. The minimum Gasteiger partial charge on any atom is -0.312 e. The van der Waals surface area contributed by atoms with Crippen molar-refractivity contribution in [2.24, 2.45) is 0 Å². The van der Waals surface area contributed by atoms with Crippen LogP contribution in [0.25, 0.3) is 0 Å². The lowest BCUT2D eigenvalue weighted by atomic mass is 10.2. The first-order valence-corrected chi connectivity index (χ1v) is 7.21. The molecule has 1 aromatic rings. The molecule has 1 aromatic heterocycles. The number of aromatic nitrogens is 1. The van der Waals surface area contributed by atoms with Gasteiger partial charge in [-0.3, -0.25) is 0 Å². The number of unbranched alkanes of at least 4 members (excludes halogenated alkanes) is 3. The zero-order valence-electron chi connectivity index (χ0n) is 10.8. The zero-order chi connectivity index (χ0) is 11.8. The smallest absolute Gasteiger partial charge is 0.0953 e. The molecule has 0 atom stereocenters. The normalized spacial score (nSPS) is 11.2. The van der Waals surface area contributed by atoms with Crippen LogP contribution < -0.4 is 5.32 Å². The summed E-state index contributed by atoms with van der Waals surface area (Å²) in [6, 6.07) is 0. The maximum Gasteiger partial charge on any atom is 0.0953 e. The van der Waals surface area contributed by atoms with E-state index in [2.05, 4.69) is 31.1 Å². The van der Waals surface area contributed by atoms with Crippen LogP contribution in [0.5, 0.6) is 0 Å². The van der Waals surface area contributed by atoms with E-state index < -0.39 is 0 Å². The Bertz CT molecular complexity index is 281. The SMILES string of the molecule is CCCCCCNCc1cnc(C(C)C)s1. The predicted octanol–water partition coefficient (Wildman–Crippen LogP) is 3.94. The van der Waals surface area contributed by atoms with E-state index in [1.54, 1.807) is 0 Å². The van der Waals surface area contributed by atoms with Crippen LogP contribution in [-0.4, -0.2) is 11.5 Å². The molecule has 0 amide bonds. The van der Waals surface area contributed by atoms with Crippen LogP contribution in [-0.2, 0) is 6.54 Å². The number of thiazole rings is 1. The lowest BCUT2D eigenvalue weighted by Gasteiger charge is -2.02. The quantitative estimate of drug-likeness (QED) is 0.696. The van der Waals surface area contributed by atoms with Gasteiger partial charge in [0, 0.05) is 23.5 Å². The lowest BCUT2D eigenvalue weighted by Crippen LogP contribution is -2.13. The van der Waals surface area contributed by atoms with Crippen LogP contribution in [0, 0.1) is 0 Å². The fourth-order valence-corrected chi connectivity index (χ4v) is 2.45. The lowest BCUT2D eigenvalue weighted by molar-refractivity contribution is 0.600. The Kier molecular flexibility index (Phi) is 6.65. The third-order valence-corrected chi connectivity index (χ3v) is 3.87. The van der Waals surface area contributed by atoms with Crippen LogP contribution in [0.2, 0.25) is 0 Å². The summed E-state index contributed by atoms with van der Waals surface area (Å²) in [6.45, 7) is 8.76. The van der Waals surface area contributed by atoms with E-state index in [-0.39, 0.29) is 0 Å². The second-order valence-electron chi connectivity index (χ2n) is 4.56. The largest absolute Gasteiger partial charge is 0.312 e. The Morgan fingerprint density at radius 2 is 2.12 bits per heavy atom. The van der Waals surface area contributed by atoms with Gasteiger partial charge in [-0.25, -0.2) is 4.98 Å². The van der Waals surface area contributed by atoms with Crippen LogP contribution in [0.3, 0.4) is 0 Å². The molecule has 0 aliphatic rings. The topological polar surface area (TPSA) is 24.9 Å². The maximum atomic E-state index is 4.42. The van der Waals surface area contributed by atoms with E-state index >= 15 is 0 Å². The molecule has 0 aliphatic heterocycles. The molecule has 0 fully saturated rings. The maximum absolute atomic E-state index is 4.42. The van der Waals surface area contributed by atoms with Crippen LogP contribution in [0.1, 0.15) is 62.3 Å². The first-order valence-electron chi connectivity index (χ1n) is 6.39. The molecule has 2 nitrogen and oxygen atoms in total. The summed E-state index contributed by atoms with van der Waals surface area (Å²) >= 11 is 1.84. The molecule has 92 valence electrons. The van der Waals surface area contributed by atoms with Crippen molar-refractivity contribution in [1.29, 1.82) is 0 Å². The van der Waals surface area contributed by atoms with Crippen LogP contribution >= 0.6 is 11.3 Å². The van der Waals surface area contributed by atoms with Gasteiger partial charge in [0.15, 0.2) is 0 Å². The predicted molar refractivity (Wildman–Crippen MR) is 72.1 cm³/mol. The molecular formula is C13H24N2S. The number of nitrogens with one attached hydrogen (secondary N) is 1. The third-order valence-electron chi connectivity index (χ3n) is 2.57. The Morgan fingerprint density at radius 1 is 1.31 bits per heavy atom. The van der Waals surface area contributed by atoms with Gasteiger partial charge in [-0.15, -0.1) is 11.3 Å². The number of nitrogens with zero attached hydrogens (tertiary/aromatic N) is 1. The summed E-state index contributed by atoms with van der Waals surface area (Å²) in [5.41, 5.74) is 0. The van der Waals surface area contributed by atoms with E-state index in [9.17, 15) is 0 Å². The van der Waals surface area contributed by atoms with Crippen molar-refractivity contribution in [3.05, 3.63) is 16.1 Å². The first-order chi connectivity index (χ1) is 7.74. The molecule has 1 heterocycles. The average Bonchev–Trinajstić information content (AvgIpc) is 2.72. The van der Waals surface area contributed by atoms with E-state index in [0.717, 1.165) is 13.1 Å². The monoisotopic (exact) mass is 240 g/mol. The standard InChI is InChI=1S/C13H24N2S/c1-4-5-6-7-8-14-9-12-10-15-13(16-12)11(2)3/h10-11,14H,4-9H2,1-3H3. The van der Waals surface area contributed by atoms with Crippen molar-refractivity contribution >= 4 is 11.3 Å². The van der Waals surface area contributed by atoms with Gasteiger partial charge in [-0.05, 0) is 13.0 Å². The van der Waals surface area contributed by atoms with Gasteiger partial charge in [0.05, 0.1) is 5.01 Å². The molecule has 1 N–H and O–H groups in total. The molecule has 0 aliphatic carbocycles. The molecule has 0 bridgehead atoms. The summed E-state index contributed by atoms with van der Waals surface area (Å²) in [5, 5.41) is 4.74. The first kappa shape index (κ1) is 13.7. The van der Waals surface area contributed by atoms with Crippen molar-refractivity contribution in [2.75, 3.05) is 6.54 Å². The van der Waals surface area contributed by atoms with E-state index in [1.807, 2.05) is 17.5 Å². The summed E-state index contributed by atoms with van der Waals surface area (Å²) in [5.74, 6) is 0.559. The second kappa shape index (κ2) is 7.80. The molecule has 0 aromatic carbocycles. The van der Waals surface area contributed by atoms with Gasteiger partial charge < -0.3 is 5.32 Å². The summed E-state index contributed by atoms with van der Waals surface area (Å²) in [7, 11) is 0. The minimum absolute atomic E-state index is 0.559. The van der Waals surface area contributed by atoms with Crippen molar-refractivity contribution in [1.82, 2.24) is 10.3 Å². The molecule has 16 heavy (non-hydrogen) atoms. The molecule has 1 rings (SSSR count). The molecule has 0 spiro atoms. The number of rotatable bonds is 8. The molecule has 0 radical (unpaired) electrons. The fourth-order valence-electron chi connectivity index (χ4n) is 1.56. The highest BCUT2D eigenvalue weighted by molar-refractivity contribution is 7.11. The second-order valence-corrected chi connectivity index (χ2v) is 5.70. The van der Waals surface area contributed by atoms with Gasteiger partial charge in [0.25, 0.3) is 0 Å². The highest BCUT2D eigenvalue weighted by Crippen LogP contribution is 2.20. The summed E-state index contributed by atoms with van der Waals surface area (Å²) in [4.78, 5) is 5.78. The van der Waals surface area contributed by atoms with E-state index in [0.29, 0.717) is 5.92 Å². The Labute approximate surface area is 103 Å². The molecular weight excluding hydrogens is 216 g/mol. The zero-order valence-corrected chi connectivity index (χ0v) is 11.6. The Balaban J connectivity index is 2.12. The van der Waals surface area contributed by atoms with Gasteiger partial charge in [-0.1, -0.05) is 40.0 Å². The van der Waals surface area contributed by atoms with Gasteiger partial charge >= 0.3 is 0 Å². The van der Waals surface area contributed by atoms with E-state index in [4.69, 9.17) is 0 Å². The van der Waals surface area contributed by atoms with Crippen molar-refractivity contribution < 1.29 is 0 Å². The molecule has 3 heteroatoms. The van der Waals surface area contributed by atoms with Crippen molar-refractivity contribution in [3.63, 3.8) is 0 Å². The summed E-state index contributed by atoms with van der Waals surface area (Å²) in [6.07, 6.45) is 7.33. The molecule has 0 unspecified atom stereocenters. The van der Waals surface area contributed by atoms with Crippen molar-refractivity contribution in [3.8, 4) is 0 Å². The van der Waals surface area contributed by atoms with Crippen LogP contribution in [0.4, 0.5) is 0 Å². The fraction of sp³-hybridized carbons (Fsp3) is 0.769. The Morgan fingerprint density at radius 3 is 2.75 bits per heavy atom. The van der Waals surface area contributed by atoms with Gasteiger partial charge in [-0.2, -0.15) is 0 Å². The van der Waals surface area contributed by atoms with Crippen LogP contribution in [0.15, 0.2) is 6.20 Å². The molecule has 0 saturated heterocycles. The highest BCUT2D eigenvalue weighted by Gasteiger charge is 2.04.